The zero-order valence-corrected chi connectivity index (χ0v) is 11.2. The first-order valence-corrected chi connectivity index (χ1v) is 6.47. The zero-order chi connectivity index (χ0) is 14.0. The summed E-state index contributed by atoms with van der Waals surface area (Å²) in [7, 11) is 0. The highest BCUT2D eigenvalue weighted by atomic mass is 32.1. The minimum Gasteiger partial charge on any atom is -0.478 e. The van der Waals surface area contributed by atoms with Gasteiger partial charge in [-0.3, -0.25) is 0 Å². The lowest BCUT2D eigenvalue weighted by Crippen LogP contribution is -2.05. The van der Waals surface area contributed by atoms with E-state index < -0.39 is 17.3 Å². The molecule has 2 heterocycles. The molecule has 7 heteroatoms. The predicted octanol–water partition coefficient (Wildman–Crippen LogP) is 3.24. The summed E-state index contributed by atoms with van der Waals surface area (Å²) in [5.41, 5.74) is 0.473. The van der Waals surface area contributed by atoms with Crippen molar-refractivity contribution >= 4 is 28.3 Å². The Balaban J connectivity index is 2.28. The van der Waals surface area contributed by atoms with Crippen LogP contribution in [-0.4, -0.2) is 21.0 Å². The van der Waals surface area contributed by atoms with Crippen molar-refractivity contribution in [1.82, 2.24) is 9.97 Å². The smallest absolute Gasteiger partial charge is 0.338 e. The summed E-state index contributed by atoms with van der Waals surface area (Å²) in [4.78, 5) is 18.9. The number of nitrogens with zero attached hydrogens (tertiary/aromatic N) is 2. The van der Waals surface area contributed by atoms with Crippen molar-refractivity contribution < 1.29 is 14.3 Å². The molecule has 0 bridgehead atoms. The Morgan fingerprint density at radius 3 is 2.84 bits per heavy atom. The van der Waals surface area contributed by atoms with Crippen LogP contribution >= 0.6 is 11.3 Å². The first-order chi connectivity index (χ1) is 8.99. The summed E-state index contributed by atoms with van der Waals surface area (Å²) in [6.07, 6.45) is 1.24. The standard InChI is InChI=1S/C12H12FN3O2S/c1-6(2)8-5-19-12(15-8)16-10-9(13)7(11(17)18)3-4-14-10/h3-6H,1-2H3,(H,17,18)(H,14,15,16). The molecule has 100 valence electrons. The molecule has 0 unspecified atom stereocenters. The van der Waals surface area contributed by atoms with Crippen LogP contribution in [0.2, 0.25) is 0 Å². The molecule has 2 rings (SSSR count). The van der Waals surface area contributed by atoms with Crippen molar-refractivity contribution in [3.05, 3.63) is 34.7 Å². The number of aromatic carboxylic acids is 1. The number of hydrogen-bond acceptors (Lipinski definition) is 5. The van der Waals surface area contributed by atoms with Crippen molar-refractivity contribution in [1.29, 1.82) is 0 Å². The van der Waals surface area contributed by atoms with Gasteiger partial charge in [-0.25, -0.2) is 19.2 Å². The fourth-order valence-electron chi connectivity index (χ4n) is 1.41. The molecular formula is C12H12FN3O2S. The average Bonchev–Trinajstić information content (AvgIpc) is 2.80. The van der Waals surface area contributed by atoms with Crippen LogP contribution in [0.1, 0.15) is 35.8 Å². The number of halogens is 1. The molecule has 0 aliphatic carbocycles. The Kier molecular flexibility index (Phi) is 3.75. The van der Waals surface area contributed by atoms with Crippen LogP contribution in [0.5, 0.6) is 0 Å². The molecule has 0 saturated heterocycles. The van der Waals surface area contributed by atoms with E-state index in [0.29, 0.717) is 5.13 Å². The van der Waals surface area contributed by atoms with Gasteiger partial charge in [0.05, 0.1) is 5.69 Å². The van der Waals surface area contributed by atoms with Crippen LogP contribution in [0.4, 0.5) is 15.3 Å². The molecule has 0 fully saturated rings. The van der Waals surface area contributed by atoms with Gasteiger partial charge in [-0.15, -0.1) is 11.3 Å². The van der Waals surface area contributed by atoms with Gasteiger partial charge in [0.15, 0.2) is 16.8 Å². The average molecular weight is 281 g/mol. The van der Waals surface area contributed by atoms with Crippen molar-refractivity contribution in [2.75, 3.05) is 5.32 Å². The fourth-order valence-corrected chi connectivity index (χ4v) is 2.28. The van der Waals surface area contributed by atoms with E-state index in [1.54, 1.807) is 0 Å². The number of thiazole rings is 1. The van der Waals surface area contributed by atoms with E-state index in [1.165, 1.54) is 17.5 Å². The van der Waals surface area contributed by atoms with Crippen LogP contribution in [0, 0.1) is 5.82 Å². The van der Waals surface area contributed by atoms with Gasteiger partial charge in [0.1, 0.15) is 5.56 Å². The van der Waals surface area contributed by atoms with Crippen LogP contribution < -0.4 is 5.32 Å². The third-order valence-corrected chi connectivity index (χ3v) is 3.23. The molecule has 0 aliphatic heterocycles. The lowest BCUT2D eigenvalue weighted by Gasteiger charge is -2.05. The Hall–Kier alpha value is -2.02. The third-order valence-electron chi connectivity index (χ3n) is 2.46. The summed E-state index contributed by atoms with van der Waals surface area (Å²) in [5, 5.41) is 13.9. The number of rotatable bonds is 4. The van der Waals surface area contributed by atoms with E-state index >= 15 is 0 Å². The summed E-state index contributed by atoms with van der Waals surface area (Å²) >= 11 is 1.32. The van der Waals surface area contributed by atoms with Gasteiger partial charge in [-0.2, -0.15) is 0 Å². The van der Waals surface area contributed by atoms with Gasteiger partial charge >= 0.3 is 5.97 Å². The first-order valence-electron chi connectivity index (χ1n) is 5.59. The number of carboxylic acid groups (broad SMARTS) is 1. The topological polar surface area (TPSA) is 75.1 Å². The molecule has 0 spiro atoms. The second-order valence-electron chi connectivity index (χ2n) is 4.18. The molecule has 0 radical (unpaired) electrons. The Morgan fingerprint density at radius 2 is 2.26 bits per heavy atom. The summed E-state index contributed by atoms with van der Waals surface area (Å²) in [6.45, 7) is 4.01. The van der Waals surface area contributed by atoms with Crippen molar-refractivity contribution in [2.45, 2.75) is 19.8 Å². The second-order valence-corrected chi connectivity index (χ2v) is 5.04. The summed E-state index contributed by atoms with van der Waals surface area (Å²) < 4.78 is 13.8. The second kappa shape index (κ2) is 5.31. The van der Waals surface area contributed by atoms with Gasteiger partial charge in [0.2, 0.25) is 0 Å². The highest BCUT2D eigenvalue weighted by molar-refractivity contribution is 7.13. The molecule has 0 atom stereocenters. The predicted molar refractivity (Wildman–Crippen MR) is 70.6 cm³/mol. The largest absolute Gasteiger partial charge is 0.478 e. The number of anilines is 2. The van der Waals surface area contributed by atoms with E-state index in [9.17, 15) is 9.18 Å². The number of hydrogen-bond donors (Lipinski definition) is 2. The van der Waals surface area contributed by atoms with Gasteiger partial charge in [-0.1, -0.05) is 13.8 Å². The van der Waals surface area contributed by atoms with E-state index in [4.69, 9.17) is 5.11 Å². The zero-order valence-electron chi connectivity index (χ0n) is 10.3. The molecule has 2 aromatic heterocycles. The Morgan fingerprint density at radius 1 is 1.53 bits per heavy atom. The monoisotopic (exact) mass is 281 g/mol. The number of carbonyl (C=O) groups is 1. The number of aromatic nitrogens is 2. The van der Waals surface area contributed by atoms with E-state index in [2.05, 4.69) is 15.3 Å². The van der Waals surface area contributed by atoms with Crippen molar-refractivity contribution in [3.8, 4) is 0 Å². The van der Waals surface area contributed by atoms with Gasteiger partial charge < -0.3 is 10.4 Å². The molecule has 0 saturated carbocycles. The van der Waals surface area contributed by atoms with Crippen molar-refractivity contribution in [2.24, 2.45) is 0 Å². The normalized spacial score (nSPS) is 10.7. The number of nitrogens with one attached hydrogen (secondary N) is 1. The molecule has 5 nitrogen and oxygen atoms in total. The summed E-state index contributed by atoms with van der Waals surface area (Å²) in [5.74, 6) is -2.08. The van der Waals surface area contributed by atoms with Crippen LogP contribution in [-0.2, 0) is 0 Å². The molecule has 0 aliphatic rings. The van der Waals surface area contributed by atoms with E-state index in [-0.39, 0.29) is 11.7 Å². The van der Waals surface area contributed by atoms with Crippen LogP contribution in [0.25, 0.3) is 0 Å². The molecule has 2 N–H and O–H groups in total. The van der Waals surface area contributed by atoms with Crippen LogP contribution in [0.15, 0.2) is 17.6 Å². The molecule has 0 amide bonds. The SMILES string of the molecule is CC(C)c1csc(Nc2nccc(C(=O)O)c2F)n1. The number of pyridine rings is 1. The Labute approximate surface area is 113 Å². The van der Waals surface area contributed by atoms with E-state index in [1.807, 2.05) is 19.2 Å². The highest BCUT2D eigenvalue weighted by Crippen LogP contribution is 2.25. The minimum absolute atomic E-state index is 0.135. The lowest BCUT2D eigenvalue weighted by molar-refractivity contribution is 0.0692. The maximum absolute atomic E-state index is 13.8. The van der Waals surface area contributed by atoms with Gasteiger partial charge in [0, 0.05) is 11.6 Å². The number of carboxylic acids is 1. The minimum atomic E-state index is -1.33. The van der Waals surface area contributed by atoms with Gasteiger partial charge in [-0.05, 0) is 12.0 Å². The molecule has 19 heavy (non-hydrogen) atoms. The first kappa shape index (κ1) is 13.4. The maximum Gasteiger partial charge on any atom is 0.338 e. The highest BCUT2D eigenvalue weighted by Gasteiger charge is 2.16. The third kappa shape index (κ3) is 2.87. The van der Waals surface area contributed by atoms with Gasteiger partial charge in [0.25, 0.3) is 0 Å². The van der Waals surface area contributed by atoms with E-state index in [0.717, 1.165) is 11.8 Å². The fraction of sp³-hybridized carbons (Fsp3) is 0.250. The molecular weight excluding hydrogens is 269 g/mol. The van der Waals surface area contributed by atoms with Crippen LogP contribution in [0.3, 0.4) is 0 Å². The Bertz CT molecular complexity index is 613. The van der Waals surface area contributed by atoms with Crippen molar-refractivity contribution in [3.63, 3.8) is 0 Å². The lowest BCUT2D eigenvalue weighted by atomic mass is 10.2. The quantitative estimate of drug-likeness (QED) is 0.899. The maximum atomic E-state index is 13.8. The molecule has 2 aromatic rings. The molecule has 0 aromatic carbocycles. The summed E-state index contributed by atoms with van der Waals surface area (Å²) in [6, 6.07) is 1.12.